The summed E-state index contributed by atoms with van der Waals surface area (Å²) in [5, 5.41) is 6.90. The van der Waals surface area contributed by atoms with E-state index >= 15 is 0 Å². The number of benzene rings is 2. The van der Waals surface area contributed by atoms with Crippen molar-refractivity contribution in [3.63, 3.8) is 0 Å². The Balaban J connectivity index is 1.40. The van der Waals surface area contributed by atoms with Gasteiger partial charge in [0, 0.05) is 56.1 Å². The zero-order valence-electron chi connectivity index (χ0n) is 25.0. The van der Waals surface area contributed by atoms with Crippen molar-refractivity contribution in [1.29, 1.82) is 0 Å². The number of amides is 3. The predicted molar refractivity (Wildman–Crippen MR) is 168 cm³/mol. The normalized spacial score (nSPS) is 14.2. The minimum atomic E-state index is -0.214. The third-order valence-electron chi connectivity index (χ3n) is 7.50. The van der Waals surface area contributed by atoms with E-state index in [1.54, 1.807) is 30.0 Å². The third kappa shape index (κ3) is 7.90. The van der Waals surface area contributed by atoms with Crippen molar-refractivity contribution in [3.8, 4) is 5.75 Å². The lowest BCUT2D eigenvalue weighted by molar-refractivity contribution is -0.130. The summed E-state index contributed by atoms with van der Waals surface area (Å²) in [5.74, 6) is 0.756. The molecule has 0 bridgehead atoms. The first kappa shape index (κ1) is 31.5. The second kappa shape index (κ2) is 14.2. The van der Waals surface area contributed by atoms with Gasteiger partial charge in [-0.3, -0.25) is 19.7 Å². The van der Waals surface area contributed by atoms with E-state index in [4.69, 9.17) is 4.74 Å². The monoisotopic (exact) mass is 609 g/mol. The lowest BCUT2D eigenvalue weighted by Gasteiger charge is -2.34. The first-order valence-corrected chi connectivity index (χ1v) is 15.7. The summed E-state index contributed by atoms with van der Waals surface area (Å²) in [7, 11) is 1.56. The van der Waals surface area contributed by atoms with Gasteiger partial charge in [-0.25, -0.2) is 4.98 Å². The van der Waals surface area contributed by atoms with Gasteiger partial charge in [-0.2, -0.15) is 0 Å². The van der Waals surface area contributed by atoms with Crippen LogP contribution in [0.3, 0.4) is 0 Å². The number of aromatic nitrogens is 1. The van der Waals surface area contributed by atoms with E-state index in [1.807, 2.05) is 43.3 Å². The molecule has 1 atom stereocenters. The molecule has 2 N–H and O–H groups in total. The van der Waals surface area contributed by atoms with E-state index in [-0.39, 0.29) is 17.7 Å². The largest absolute Gasteiger partial charge is 0.496 e. The molecule has 224 valence electrons. The van der Waals surface area contributed by atoms with Gasteiger partial charge < -0.3 is 19.9 Å². The summed E-state index contributed by atoms with van der Waals surface area (Å²) in [6, 6.07) is 11.7. The number of ether oxygens (including phenoxy) is 1. The highest BCUT2D eigenvalue weighted by molar-refractivity contribution is 8.01. The maximum Gasteiger partial charge on any atom is 0.257 e. The molecule has 0 unspecified atom stereocenters. The minimum Gasteiger partial charge on any atom is -0.496 e. The lowest BCUT2D eigenvalue weighted by atomic mass is 10.1. The molecule has 1 aromatic heterocycles. The molecule has 1 fully saturated rings. The quantitative estimate of drug-likeness (QED) is 0.321. The van der Waals surface area contributed by atoms with E-state index in [9.17, 15) is 14.4 Å². The zero-order chi connectivity index (χ0) is 30.4. The fourth-order valence-electron chi connectivity index (χ4n) is 4.43. The molecule has 0 radical (unpaired) electrons. The van der Waals surface area contributed by atoms with Crippen LogP contribution in [0.2, 0.25) is 0 Å². The van der Waals surface area contributed by atoms with Gasteiger partial charge in [0.2, 0.25) is 5.91 Å². The van der Waals surface area contributed by atoms with E-state index in [0.717, 1.165) is 26.8 Å². The number of carbonyl (C=O) groups is 3. The molecule has 1 aliphatic heterocycles. The van der Waals surface area contributed by atoms with Crippen molar-refractivity contribution in [2.24, 2.45) is 5.92 Å². The van der Waals surface area contributed by atoms with Crippen molar-refractivity contribution in [1.82, 2.24) is 20.1 Å². The molecule has 0 aliphatic carbocycles. The number of anilines is 1. The van der Waals surface area contributed by atoms with Crippen LogP contribution in [0.15, 0.2) is 51.7 Å². The maximum absolute atomic E-state index is 13.4. The summed E-state index contributed by atoms with van der Waals surface area (Å²) in [5.41, 5.74) is 3.14. The molecule has 9 nitrogen and oxygen atoms in total. The molecule has 42 heavy (non-hydrogen) atoms. The van der Waals surface area contributed by atoms with Crippen LogP contribution in [0.1, 0.15) is 59.5 Å². The van der Waals surface area contributed by atoms with Crippen molar-refractivity contribution in [2.45, 2.75) is 56.3 Å². The number of rotatable bonds is 10. The molecule has 1 saturated heterocycles. The summed E-state index contributed by atoms with van der Waals surface area (Å²) in [6.07, 6.45) is 1.72. The summed E-state index contributed by atoms with van der Waals surface area (Å²) >= 11 is 2.87. The van der Waals surface area contributed by atoms with Gasteiger partial charge in [0.25, 0.3) is 11.8 Å². The summed E-state index contributed by atoms with van der Waals surface area (Å²) in [6.45, 7) is 12.8. The highest BCUT2D eigenvalue weighted by Crippen LogP contribution is 2.38. The van der Waals surface area contributed by atoms with E-state index in [0.29, 0.717) is 60.1 Å². The Morgan fingerprint density at radius 3 is 2.33 bits per heavy atom. The molecule has 11 heteroatoms. The van der Waals surface area contributed by atoms with Gasteiger partial charge in [0.05, 0.1) is 23.1 Å². The van der Waals surface area contributed by atoms with E-state index in [2.05, 4.69) is 36.4 Å². The van der Waals surface area contributed by atoms with Crippen LogP contribution in [0.5, 0.6) is 5.75 Å². The topological polar surface area (TPSA) is 104 Å². The number of nitrogens with zero attached hydrogens (tertiary/aromatic N) is 3. The average Bonchev–Trinajstić information content (AvgIpc) is 3.42. The summed E-state index contributed by atoms with van der Waals surface area (Å²) < 4.78 is 6.43. The summed E-state index contributed by atoms with van der Waals surface area (Å²) in [4.78, 5) is 46.8. The number of thiazole rings is 1. The maximum atomic E-state index is 13.4. The lowest BCUT2D eigenvalue weighted by Crippen LogP contribution is -2.50. The number of methoxy groups -OCH3 is 1. The van der Waals surface area contributed by atoms with Gasteiger partial charge in [0.1, 0.15) is 5.75 Å². The fraction of sp³-hybridized carbons (Fsp3) is 0.419. The molecule has 1 aliphatic rings. The zero-order valence-corrected chi connectivity index (χ0v) is 26.7. The Morgan fingerprint density at radius 1 is 1.05 bits per heavy atom. The molecule has 3 amide bonds. The minimum absolute atomic E-state index is 0.0199. The standard InChI is InChI=1S/C31H39N5O4S2/c1-19(2)21(4)32-17-23-7-9-24(10-8-23)29(38)34-31-33-18-28(42-31)41-27-16-25(26(40-6)15-20(27)3)30(39)36-13-11-35(12-14-36)22(5)37/h7-10,15-16,18-19,21,32H,11-14,17H2,1-6H3,(H,33,34,38)/t21-/m1/s1. The molecule has 0 saturated carbocycles. The van der Waals surface area contributed by atoms with Crippen LogP contribution in [0, 0.1) is 12.8 Å². The highest BCUT2D eigenvalue weighted by Gasteiger charge is 2.26. The number of aryl methyl sites for hydroxylation is 1. The van der Waals surface area contributed by atoms with Crippen LogP contribution in [-0.4, -0.2) is 71.8 Å². The number of hydrogen-bond donors (Lipinski definition) is 2. The van der Waals surface area contributed by atoms with Crippen LogP contribution in [-0.2, 0) is 11.3 Å². The van der Waals surface area contributed by atoms with Crippen LogP contribution >= 0.6 is 23.1 Å². The first-order valence-electron chi connectivity index (χ1n) is 14.1. The van der Waals surface area contributed by atoms with Crippen LogP contribution in [0.4, 0.5) is 5.13 Å². The Hall–Kier alpha value is -3.41. The van der Waals surface area contributed by atoms with Crippen LogP contribution < -0.4 is 15.4 Å². The Bertz CT molecular complexity index is 1420. The van der Waals surface area contributed by atoms with Crippen molar-refractivity contribution in [2.75, 3.05) is 38.6 Å². The average molecular weight is 610 g/mol. The van der Waals surface area contributed by atoms with Crippen LogP contribution in [0.25, 0.3) is 0 Å². The van der Waals surface area contributed by atoms with E-state index in [1.165, 1.54) is 23.1 Å². The molecular formula is C31H39N5O4S2. The fourth-order valence-corrected chi connectivity index (χ4v) is 6.37. The predicted octanol–water partition coefficient (Wildman–Crippen LogP) is 5.30. The molecule has 2 aromatic carbocycles. The van der Waals surface area contributed by atoms with Crippen molar-refractivity contribution in [3.05, 3.63) is 64.8 Å². The van der Waals surface area contributed by atoms with Gasteiger partial charge in [-0.05, 0) is 55.2 Å². The highest BCUT2D eigenvalue weighted by atomic mass is 32.2. The SMILES string of the molecule is COc1cc(C)c(Sc2cnc(NC(=O)c3ccc(CN[C@H](C)C(C)C)cc3)s2)cc1C(=O)N1CCN(C(C)=O)CC1. The van der Waals surface area contributed by atoms with E-state index < -0.39 is 0 Å². The Morgan fingerprint density at radius 2 is 1.71 bits per heavy atom. The van der Waals surface area contributed by atoms with Crippen molar-refractivity contribution >= 4 is 46.0 Å². The second-order valence-corrected chi connectivity index (χ2v) is 13.1. The Labute approximate surface area is 256 Å². The Kier molecular flexibility index (Phi) is 10.6. The number of piperazine rings is 1. The first-order chi connectivity index (χ1) is 20.0. The van der Waals surface area contributed by atoms with Crippen molar-refractivity contribution < 1.29 is 19.1 Å². The molecular weight excluding hydrogens is 571 g/mol. The molecule has 4 rings (SSSR count). The number of carbonyl (C=O) groups excluding carboxylic acids is 3. The number of nitrogens with one attached hydrogen (secondary N) is 2. The smallest absolute Gasteiger partial charge is 0.257 e. The van der Waals surface area contributed by atoms with Gasteiger partial charge in [-0.15, -0.1) is 0 Å². The van der Waals surface area contributed by atoms with Gasteiger partial charge >= 0.3 is 0 Å². The molecule has 3 aromatic rings. The molecule has 2 heterocycles. The number of hydrogen-bond acceptors (Lipinski definition) is 8. The second-order valence-electron chi connectivity index (χ2n) is 10.8. The molecule has 0 spiro atoms. The van der Waals surface area contributed by atoms with Gasteiger partial charge in [-0.1, -0.05) is 49.1 Å². The van der Waals surface area contributed by atoms with Gasteiger partial charge in [0.15, 0.2) is 5.13 Å². The third-order valence-corrected chi connectivity index (χ3v) is 9.67.